The van der Waals surface area contributed by atoms with Gasteiger partial charge in [0.1, 0.15) is 12.4 Å². The first-order chi connectivity index (χ1) is 10.8. The minimum atomic E-state index is 0.519. The van der Waals surface area contributed by atoms with Crippen molar-refractivity contribution in [2.75, 3.05) is 6.61 Å². The van der Waals surface area contributed by atoms with Crippen LogP contribution in [0.5, 0.6) is 5.75 Å². The van der Waals surface area contributed by atoms with Gasteiger partial charge in [-0.2, -0.15) is 0 Å². The number of ether oxygens (including phenoxy) is 1. The average Bonchev–Trinajstić information content (AvgIpc) is 2.98. The third kappa shape index (κ3) is 2.98. The molecule has 0 amide bonds. The van der Waals surface area contributed by atoms with Crippen molar-refractivity contribution in [3.63, 3.8) is 0 Å². The van der Waals surface area contributed by atoms with Crippen molar-refractivity contribution in [2.24, 2.45) is 0 Å². The number of hydrogen-bond acceptors (Lipinski definition) is 2. The Kier molecular flexibility index (Phi) is 4.42. The van der Waals surface area contributed by atoms with Crippen LogP contribution in [0.15, 0.2) is 54.9 Å². The molecule has 1 aromatic heterocycles. The van der Waals surface area contributed by atoms with E-state index in [2.05, 4.69) is 47.7 Å². The molecule has 114 valence electrons. The third-order valence-electron chi connectivity index (χ3n) is 4.18. The topological polar surface area (TPSA) is 27.1 Å². The molecule has 0 saturated heterocycles. The minimum absolute atomic E-state index is 0.519. The molecule has 1 atom stereocenters. The molecule has 1 heterocycles. The van der Waals surface area contributed by atoms with Gasteiger partial charge in [0.2, 0.25) is 0 Å². The molecule has 0 aliphatic heterocycles. The zero-order chi connectivity index (χ0) is 15.4. The van der Waals surface area contributed by atoms with Crippen LogP contribution in [0.3, 0.4) is 0 Å². The summed E-state index contributed by atoms with van der Waals surface area (Å²) in [6, 6.07) is 16.5. The lowest BCUT2D eigenvalue weighted by Crippen LogP contribution is -2.09. The standard InChI is InChI=1S/C19H22N2O/c1-3-15(2)16-8-4-7-11-19(16)22-13-12-21-14-20-17-9-5-6-10-18(17)21/h4-11,14-15H,3,12-13H2,1-2H3. The molecule has 0 bridgehead atoms. The Morgan fingerprint density at radius 1 is 1.09 bits per heavy atom. The van der Waals surface area contributed by atoms with Crippen LogP contribution in [0.1, 0.15) is 31.7 Å². The smallest absolute Gasteiger partial charge is 0.122 e. The molecule has 22 heavy (non-hydrogen) atoms. The molecule has 0 aliphatic rings. The summed E-state index contributed by atoms with van der Waals surface area (Å²) >= 11 is 0. The van der Waals surface area contributed by atoms with Gasteiger partial charge in [0, 0.05) is 0 Å². The van der Waals surface area contributed by atoms with E-state index in [-0.39, 0.29) is 0 Å². The van der Waals surface area contributed by atoms with Gasteiger partial charge >= 0.3 is 0 Å². The maximum Gasteiger partial charge on any atom is 0.122 e. The van der Waals surface area contributed by atoms with Gasteiger partial charge in [-0.1, -0.05) is 44.2 Å². The second-order valence-corrected chi connectivity index (χ2v) is 5.62. The van der Waals surface area contributed by atoms with Gasteiger partial charge in [-0.3, -0.25) is 0 Å². The fraction of sp³-hybridized carbons (Fsp3) is 0.316. The quantitative estimate of drug-likeness (QED) is 0.663. The van der Waals surface area contributed by atoms with Crippen LogP contribution in [0.4, 0.5) is 0 Å². The van der Waals surface area contributed by atoms with E-state index >= 15 is 0 Å². The number of rotatable bonds is 6. The van der Waals surface area contributed by atoms with Gasteiger partial charge in [0.05, 0.1) is 23.9 Å². The van der Waals surface area contributed by atoms with E-state index in [0.29, 0.717) is 12.5 Å². The molecule has 0 fully saturated rings. The molecule has 1 unspecified atom stereocenters. The summed E-state index contributed by atoms with van der Waals surface area (Å²) in [5.41, 5.74) is 3.48. The monoisotopic (exact) mass is 294 g/mol. The first-order valence-corrected chi connectivity index (χ1v) is 7.91. The Balaban J connectivity index is 1.69. The van der Waals surface area contributed by atoms with Crippen molar-refractivity contribution in [2.45, 2.75) is 32.7 Å². The van der Waals surface area contributed by atoms with E-state index in [4.69, 9.17) is 4.74 Å². The molecule has 3 heteroatoms. The molecular formula is C19H22N2O. The Morgan fingerprint density at radius 3 is 2.73 bits per heavy atom. The normalized spacial score (nSPS) is 12.5. The number of fused-ring (bicyclic) bond motifs is 1. The van der Waals surface area contributed by atoms with Crippen LogP contribution >= 0.6 is 0 Å². The predicted molar refractivity (Wildman–Crippen MR) is 90.4 cm³/mol. The van der Waals surface area contributed by atoms with E-state index in [1.54, 1.807) is 0 Å². The van der Waals surface area contributed by atoms with Crippen molar-refractivity contribution in [3.05, 3.63) is 60.4 Å². The second kappa shape index (κ2) is 6.65. The zero-order valence-electron chi connectivity index (χ0n) is 13.2. The molecule has 0 aliphatic carbocycles. The van der Waals surface area contributed by atoms with Crippen LogP contribution in [-0.4, -0.2) is 16.2 Å². The largest absolute Gasteiger partial charge is 0.491 e. The highest BCUT2D eigenvalue weighted by Crippen LogP contribution is 2.28. The molecule has 3 nitrogen and oxygen atoms in total. The van der Waals surface area contributed by atoms with Crippen LogP contribution in [-0.2, 0) is 6.54 Å². The lowest BCUT2D eigenvalue weighted by molar-refractivity contribution is 0.295. The van der Waals surface area contributed by atoms with Crippen molar-refractivity contribution in [1.82, 2.24) is 9.55 Å². The first-order valence-electron chi connectivity index (χ1n) is 7.91. The zero-order valence-corrected chi connectivity index (χ0v) is 13.2. The highest BCUT2D eigenvalue weighted by atomic mass is 16.5. The van der Waals surface area contributed by atoms with E-state index in [9.17, 15) is 0 Å². The first kappa shape index (κ1) is 14.6. The second-order valence-electron chi connectivity index (χ2n) is 5.62. The molecule has 0 N–H and O–H groups in total. The van der Waals surface area contributed by atoms with Crippen molar-refractivity contribution >= 4 is 11.0 Å². The van der Waals surface area contributed by atoms with Gasteiger partial charge < -0.3 is 9.30 Å². The van der Waals surface area contributed by atoms with Gasteiger partial charge in [-0.25, -0.2) is 4.98 Å². The Morgan fingerprint density at radius 2 is 1.86 bits per heavy atom. The number of para-hydroxylation sites is 3. The highest BCUT2D eigenvalue weighted by Gasteiger charge is 2.09. The van der Waals surface area contributed by atoms with Gasteiger partial charge in [0.15, 0.2) is 0 Å². The predicted octanol–water partition coefficient (Wildman–Crippen LogP) is 4.63. The lowest BCUT2D eigenvalue weighted by Gasteiger charge is -2.16. The molecular weight excluding hydrogens is 272 g/mol. The number of benzene rings is 2. The fourth-order valence-corrected chi connectivity index (χ4v) is 2.68. The van der Waals surface area contributed by atoms with E-state index in [1.807, 2.05) is 30.6 Å². The molecule has 0 saturated carbocycles. The summed E-state index contributed by atoms with van der Waals surface area (Å²) in [5.74, 6) is 1.52. The maximum absolute atomic E-state index is 6.03. The average molecular weight is 294 g/mol. The van der Waals surface area contributed by atoms with E-state index in [0.717, 1.165) is 29.7 Å². The van der Waals surface area contributed by atoms with Crippen LogP contribution in [0.25, 0.3) is 11.0 Å². The fourth-order valence-electron chi connectivity index (χ4n) is 2.68. The Bertz CT molecular complexity index is 748. The van der Waals surface area contributed by atoms with Crippen LogP contribution in [0, 0.1) is 0 Å². The van der Waals surface area contributed by atoms with E-state index < -0.39 is 0 Å². The Hall–Kier alpha value is -2.29. The minimum Gasteiger partial charge on any atom is -0.491 e. The SMILES string of the molecule is CCC(C)c1ccccc1OCCn1cnc2ccccc21. The van der Waals surface area contributed by atoms with E-state index in [1.165, 1.54) is 5.56 Å². The molecule has 2 aromatic carbocycles. The number of imidazole rings is 1. The van der Waals surface area contributed by atoms with Gasteiger partial charge in [0.25, 0.3) is 0 Å². The van der Waals surface area contributed by atoms with Gasteiger partial charge in [-0.05, 0) is 36.1 Å². The van der Waals surface area contributed by atoms with Crippen molar-refractivity contribution in [3.8, 4) is 5.75 Å². The third-order valence-corrected chi connectivity index (χ3v) is 4.18. The summed E-state index contributed by atoms with van der Waals surface area (Å²) in [7, 11) is 0. The molecule has 0 radical (unpaired) electrons. The number of hydrogen-bond donors (Lipinski definition) is 0. The van der Waals surface area contributed by atoms with Crippen LogP contribution in [0.2, 0.25) is 0 Å². The number of aromatic nitrogens is 2. The lowest BCUT2D eigenvalue weighted by atomic mass is 9.98. The van der Waals surface area contributed by atoms with Crippen LogP contribution < -0.4 is 4.74 Å². The van der Waals surface area contributed by atoms with Crippen molar-refractivity contribution < 1.29 is 4.74 Å². The molecule has 3 rings (SSSR count). The maximum atomic E-state index is 6.03. The number of nitrogens with zero attached hydrogens (tertiary/aromatic N) is 2. The molecule has 0 spiro atoms. The molecule has 3 aromatic rings. The summed E-state index contributed by atoms with van der Waals surface area (Å²) in [6.07, 6.45) is 3.00. The summed E-state index contributed by atoms with van der Waals surface area (Å²) < 4.78 is 8.17. The highest BCUT2D eigenvalue weighted by molar-refractivity contribution is 5.74. The summed E-state index contributed by atoms with van der Waals surface area (Å²) in [6.45, 7) is 5.90. The summed E-state index contributed by atoms with van der Waals surface area (Å²) in [5, 5.41) is 0. The Labute approximate surface area is 131 Å². The van der Waals surface area contributed by atoms with Crippen molar-refractivity contribution in [1.29, 1.82) is 0 Å². The summed E-state index contributed by atoms with van der Waals surface area (Å²) in [4.78, 5) is 4.41. The van der Waals surface area contributed by atoms with Gasteiger partial charge in [-0.15, -0.1) is 0 Å².